The van der Waals surface area contributed by atoms with Crippen molar-refractivity contribution in [3.8, 4) is 11.8 Å². The van der Waals surface area contributed by atoms with Gasteiger partial charge in [-0.3, -0.25) is 4.79 Å². The molecule has 80 valence electrons. The standard InChI is InChI=1S/C10H7N3O3/c1-16-6-2-3-7-8(4-6)13(15)9(5-11)10(14)12-7/h2-4H,1H3,(H,12,14). The lowest BCUT2D eigenvalue weighted by Gasteiger charge is -2.04. The smallest absolute Gasteiger partial charge is 0.360 e. The summed E-state index contributed by atoms with van der Waals surface area (Å²) >= 11 is 0. The van der Waals surface area contributed by atoms with E-state index in [0.717, 1.165) is 0 Å². The third-order valence-electron chi connectivity index (χ3n) is 2.20. The quantitative estimate of drug-likeness (QED) is 0.539. The Morgan fingerprint density at radius 1 is 1.56 bits per heavy atom. The molecule has 1 N–H and O–H groups in total. The van der Waals surface area contributed by atoms with Crippen molar-refractivity contribution in [2.75, 3.05) is 7.11 Å². The fraction of sp³-hybridized carbons (Fsp3) is 0.100. The maximum Gasteiger partial charge on any atom is 0.360 e. The third kappa shape index (κ3) is 1.35. The minimum Gasteiger partial charge on any atom is -0.617 e. The Kier molecular flexibility index (Phi) is 2.21. The molecule has 0 atom stereocenters. The molecule has 0 amide bonds. The Balaban J connectivity index is 2.90. The zero-order chi connectivity index (χ0) is 11.7. The highest BCUT2D eigenvalue weighted by atomic mass is 16.5. The first-order chi connectivity index (χ1) is 7.67. The van der Waals surface area contributed by atoms with Crippen molar-refractivity contribution in [1.82, 2.24) is 4.98 Å². The first-order valence-electron chi connectivity index (χ1n) is 4.41. The lowest BCUT2D eigenvalue weighted by atomic mass is 10.2. The van der Waals surface area contributed by atoms with E-state index in [1.807, 2.05) is 0 Å². The molecule has 1 aromatic heterocycles. The number of nitrogens with one attached hydrogen (secondary N) is 1. The average molecular weight is 217 g/mol. The first-order valence-corrected chi connectivity index (χ1v) is 4.41. The molecule has 0 unspecified atom stereocenters. The summed E-state index contributed by atoms with van der Waals surface area (Å²) in [6.45, 7) is 0. The number of hydrogen-bond donors (Lipinski definition) is 1. The number of nitriles is 1. The van der Waals surface area contributed by atoms with Gasteiger partial charge < -0.3 is 14.9 Å². The van der Waals surface area contributed by atoms with Crippen LogP contribution in [0.25, 0.3) is 11.0 Å². The topological polar surface area (TPSA) is 92.8 Å². The molecule has 0 saturated heterocycles. The second-order valence-corrected chi connectivity index (χ2v) is 3.09. The number of fused-ring (bicyclic) bond motifs is 1. The van der Waals surface area contributed by atoms with Gasteiger partial charge in [-0.05, 0) is 12.1 Å². The number of aromatic nitrogens is 2. The van der Waals surface area contributed by atoms with Crippen molar-refractivity contribution in [2.24, 2.45) is 0 Å². The number of hydrogen-bond acceptors (Lipinski definition) is 4. The Hall–Kier alpha value is -2.55. The predicted molar refractivity (Wildman–Crippen MR) is 54.8 cm³/mol. The number of nitrogens with zero attached hydrogens (tertiary/aromatic N) is 2. The summed E-state index contributed by atoms with van der Waals surface area (Å²) in [5.74, 6) is 0.480. The van der Waals surface area contributed by atoms with Gasteiger partial charge in [0.2, 0.25) is 5.52 Å². The summed E-state index contributed by atoms with van der Waals surface area (Å²) in [6, 6.07) is 6.18. The van der Waals surface area contributed by atoms with Crippen molar-refractivity contribution < 1.29 is 9.47 Å². The molecule has 0 aliphatic heterocycles. The van der Waals surface area contributed by atoms with E-state index in [2.05, 4.69) is 4.98 Å². The van der Waals surface area contributed by atoms with Crippen LogP contribution in [0.5, 0.6) is 5.75 Å². The zero-order valence-electron chi connectivity index (χ0n) is 8.35. The molecule has 2 aromatic rings. The zero-order valence-corrected chi connectivity index (χ0v) is 8.35. The van der Waals surface area contributed by atoms with Crippen LogP contribution in [0.3, 0.4) is 0 Å². The van der Waals surface area contributed by atoms with Crippen molar-refractivity contribution in [3.63, 3.8) is 0 Å². The highest BCUT2D eigenvalue weighted by molar-refractivity contribution is 5.72. The van der Waals surface area contributed by atoms with Crippen LogP contribution in [0.4, 0.5) is 0 Å². The average Bonchev–Trinajstić information content (AvgIpc) is 2.29. The minimum atomic E-state index is -0.699. The summed E-state index contributed by atoms with van der Waals surface area (Å²) in [5.41, 5.74) is -0.633. The lowest BCUT2D eigenvalue weighted by Crippen LogP contribution is -2.39. The van der Waals surface area contributed by atoms with Gasteiger partial charge in [-0.25, -0.2) is 0 Å². The first kappa shape index (κ1) is 9.98. The summed E-state index contributed by atoms with van der Waals surface area (Å²) in [5, 5.41) is 20.3. The Bertz CT molecular complexity index is 655. The van der Waals surface area contributed by atoms with Crippen LogP contribution in [-0.4, -0.2) is 12.1 Å². The molecular formula is C10H7N3O3. The predicted octanol–water partition coefficient (Wildman–Crippen LogP) is 0.0418. The van der Waals surface area contributed by atoms with Crippen molar-refractivity contribution >= 4 is 11.0 Å². The molecule has 2 rings (SSSR count). The largest absolute Gasteiger partial charge is 0.617 e. The van der Waals surface area contributed by atoms with Crippen LogP contribution in [0.2, 0.25) is 0 Å². The van der Waals surface area contributed by atoms with Gasteiger partial charge in [0.05, 0.1) is 13.2 Å². The van der Waals surface area contributed by atoms with Gasteiger partial charge in [0.15, 0.2) is 6.07 Å². The molecule has 0 saturated carbocycles. The molecule has 1 heterocycles. The van der Waals surface area contributed by atoms with Crippen molar-refractivity contribution in [3.05, 3.63) is 39.5 Å². The van der Waals surface area contributed by atoms with Crippen molar-refractivity contribution in [1.29, 1.82) is 5.26 Å². The van der Waals surface area contributed by atoms with Gasteiger partial charge in [-0.2, -0.15) is 5.26 Å². The van der Waals surface area contributed by atoms with Gasteiger partial charge >= 0.3 is 11.3 Å². The molecule has 0 aliphatic rings. The maximum absolute atomic E-state index is 11.7. The Morgan fingerprint density at radius 2 is 2.31 bits per heavy atom. The van der Waals surface area contributed by atoms with E-state index in [1.54, 1.807) is 18.2 Å². The highest BCUT2D eigenvalue weighted by Crippen LogP contribution is 2.15. The van der Waals surface area contributed by atoms with Gasteiger partial charge in [-0.15, -0.1) is 4.73 Å². The number of ether oxygens (including phenoxy) is 1. The van der Waals surface area contributed by atoms with E-state index in [-0.39, 0.29) is 5.52 Å². The van der Waals surface area contributed by atoms with Gasteiger partial charge in [-0.1, -0.05) is 0 Å². The molecule has 0 spiro atoms. The third-order valence-corrected chi connectivity index (χ3v) is 2.20. The number of aromatic amines is 1. The van der Waals surface area contributed by atoms with E-state index < -0.39 is 11.3 Å². The number of H-pyrrole nitrogens is 1. The summed E-state index contributed by atoms with van der Waals surface area (Å²) in [7, 11) is 1.47. The van der Waals surface area contributed by atoms with E-state index in [4.69, 9.17) is 10.00 Å². The molecule has 16 heavy (non-hydrogen) atoms. The van der Waals surface area contributed by atoms with Gasteiger partial charge in [0.25, 0.3) is 0 Å². The fourth-order valence-corrected chi connectivity index (χ4v) is 1.40. The monoisotopic (exact) mass is 217 g/mol. The molecule has 0 bridgehead atoms. The van der Waals surface area contributed by atoms with Gasteiger partial charge in [0, 0.05) is 0 Å². The van der Waals surface area contributed by atoms with Crippen LogP contribution >= 0.6 is 0 Å². The van der Waals surface area contributed by atoms with E-state index >= 15 is 0 Å². The highest BCUT2D eigenvalue weighted by Gasteiger charge is 2.15. The van der Waals surface area contributed by atoms with Crippen LogP contribution in [0, 0.1) is 16.5 Å². The second kappa shape index (κ2) is 3.55. The minimum absolute atomic E-state index is 0.190. The maximum atomic E-state index is 11.7. The molecule has 0 fully saturated rings. The Labute approximate surface area is 89.9 Å². The van der Waals surface area contributed by atoms with Gasteiger partial charge in [0.1, 0.15) is 11.3 Å². The normalized spacial score (nSPS) is 10.0. The van der Waals surface area contributed by atoms with E-state index in [9.17, 15) is 10.0 Å². The van der Waals surface area contributed by atoms with Crippen LogP contribution in [-0.2, 0) is 0 Å². The van der Waals surface area contributed by atoms with E-state index in [1.165, 1.54) is 13.2 Å². The van der Waals surface area contributed by atoms with Crippen LogP contribution < -0.4 is 15.0 Å². The molecule has 6 nitrogen and oxygen atoms in total. The molecule has 0 aliphatic carbocycles. The Morgan fingerprint density at radius 3 is 2.94 bits per heavy atom. The van der Waals surface area contributed by atoms with Crippen LogP contribution in [0.15, 0.2) is 23.0 Å². The van der Waals surface area contributed by atoms with E-state index in [0.29, 0.717) is 16.0 Å². The van der Waals surface area contributed by atoms with Crippen LogP contribution in [0.1, 0.15) is 5.69 Å². The molecule has 6 heteroatoms. The summed E-state index contributed by atoms with van der Waals surface area (Å²) in [4.78, 5) is 13.8. The molecule has 1 aromatic carbocycles. The number of rotatable bonds is 1. The van der Waals surface area contributed by atoms with Crippen molar-refractivity contribution in [2.45, 2.75) is 0 Å². The summed E-state index contributed by atoms with van der Waals surface area (Å²) in [6.07, 6.45) is 0. The fourth-order valence-electron chi connectivity index (χ4n) is 1.40. The number of methoxy groups -OCH3 is 1. The summed E-state index contributed by atoms with van der Waals surface area (Å²) < 4.78 is 5.26. The second-order valence-electron chi connectivity index (χ2n) is 3.09. The lowest BCUT2D eigenvalue weighted by molar-refractivity contribution is -0.581. The number of benzene rings is 1. The molecular weight excluding hydrogens is 210 g/mol. The SMILES string of the molecule is COc1ccc2[nH]c(=O)c(C#N)[n+]([O-])c2c1. The molecule has 0 radical (unpaired) electrons.